The van der Waals surface area contributed by atoms with E-state index in [1.54, 1.807) is 4.52 Å². The maximum absolute atomic E-state index is 5.89. The minimum absolute atomic E-state index is 0.410. The van der Waals surface area contributed by atoms with Crippen LogP contribution in [0.15, 0.2) is 24.3 Å². The highest BCUT2D eigenvalue weighted by Crippen LogP contribution is 2.22. The number of aromatic nitrogens is 4. The minimum Gasteiger partial charge on any atom is -0.192 e. The summed E-state index contributed by atoms with van der Waals surface area (Å²) in [4.78, 5) is 0. The van der Waals surface area contributed by atoms with E-state index in [9.17, 15) is 0 Å². The molecule has 5 heteroatoms. The van der Waals surface area contributed by atoms with Gasteiger partial charge in [0.2, 0.25) is 0 Å². The number of aryl methyl sites for hydroxylation is 1. The minimum atomic E-state index is 0.410. The van der Waals surface area contributed by atoms with Crippen LogP contribution in [0.1, 0.15) is 11.1 Å². The molecule has 0 aliphatic carbocycles. The average Bonchev–Trinajstić information content (AvgIpc) is 2.76. The summed E-state index contributed by atoms with van der Waals surface area (Å²) in [5, 5.41) is 12.8. The molecule has 0 aliphatic rings. The van der Waals surface area contributed by atoms with Gasteiger partial charge >= 0.3 is 0 Å². The third-order valence-electron chi connectivity index (χ3n) is 2.71. The number of hydrogen-bond acceptors (Lipinski definition) is 3. The molecule has 16 heavy (non-hydrogen) atoms. The van der Waals surface area contributed by atoms with Crippen LogP contribution in [0.4, 0.5) is 0 Å². The molecule has 2 aromatic heterocycles. The van der Waals surface area contributed by atoms with Gasteiger partial charge < -0.3 is 0 Å². The van der Waals surface area contributed by atoms with Crippen LogP contribution in [-0.2, 0) is 5.88 Å². The first kappa shape index (κ1) is 9.54. The SMILES string of the molecule is Cc1cccc2cc(CCl)c3nnnn3c12. The van der Waals surface area contributed by atoms with E-state index in [0.717, 1.165) is 27.7 Å². The van der Waals surface area contributed by atoms with Gasteiger partial charge in [0.25, 0.3) is 0 Å². The van der Waals surface area contributed by atoms with Crippen molar-refractivity contribution in [2.24, 2.45) is 0 Å². The number of nitrogens with zero attached hydrogens (tertiary/aromatic N) is 4. The summed E-state index contributed by atoms with van der Waals surface area (Å²) in [5.74, 6) is 0.410. The van der Waals surface area contributed by atoms with Crippen LogP contribution in [0, 0.1) is 6.92 Å². The number of tetrazole rings is 1. The van der Waals surface area contributed by atoms with Crippen LogP contribution in [0.3, 0.4) is 0 Å². The smallest absolute Gasteiger partial charge is 0.184 e. The zero-order valence-corrected chi connectivity index (χ0v) is 9.44. The summed E-state index contributed by atoms with van der Waals surface area (Å²) in [7, 11) is 0. The number of rotatable bonds is 1. The van der Waals surface area contributed by atoms with Gasteiger partial charge in [0.15, 0.2) is 5.65 Å². The van der Waals surface area contributed by atoms with E-state index in [4.69, 9.17) is 11.6 Å². The first-order chi connectivity index (χ1) is 7.81. The summed E-state index contributed by atoms with van der Waals surface area (Å²) in [6.45, 7) is 2.05. The summed E-state index contributed by atoms with van der Waals surface area (Å²) >= 11 is 5.89. The monoisotopic (exact) mass is 232 g/mol. The number of halogens is 1. The maximum atomic E-state index is 5.89. The Bertz CT molecular complexity index is 674. The molecule has 0 unspecified atom stereocenters. The Kier molecular flexibility index (Phi) is 2.04. The molecular formula is C11H9ClN4. The molecule has 0 amide bonds. The van der Waals surface area contributed by atoms with Gasteiger partial charge in [0.05, 0.1) is 11.4 Å². The molecule has 0 atom stereocenters. The van der Waals surface area contributed by atoms with Gasteiger partial charge in [-0.15, -0.1) is 16.7 Å². The molecule has 0 spiro atoms. The number of pyridine rings is 1. The zero-order valence-electron chi connectivity index (χ0n) is 8.68. The molecular weight excluding hydrogens is 224 g/mol. The number of benzene rings is 1. The third-order valence-corrected chi connectivity index (χ3v) is 3.00. The highest BCUT2D eigenvalue weighted by molar-refractivity contribution is 6.17. The van der Waals surface area contributed by atoms with Crippen molar-refractivity contribution in [1.29, 1.82) is 0 Å². The van der Waals surface area contributed by atoms with Crippen molar-refractivity contribution in [3.05, 3.63) is 35.4 Å². The summed E-state index contributed by atoms with van der Waals surface area (Å²) in [5.41, 5.74) is 3.87. The second-order valence-electron chi connectivity index (χ2n) is 3.73. The lowest BCUT2D eigenvalue weighted by Gasteiger charge is -2.05. The lowest BCUT2D eigenvalue weighted by Crippen LogP contribution is -1.96. The van der Waals surface area contributed by atoms with Gasteiger partial charge in [-0.25, -0.2) is 0 Å². The third kappa shape index (κ3) is 1.20. The zero-order chi connectivity index (χ0) is 11.1. The van der Waals surface area contributed by atoms with E-state index >= 15 is 0 Å². The normalized spacial score (nSPS) is 11.4. The molecule has 2 heterocycles. The number of para-hydroxylation sites is 1. The van der Waals surface area contributed by atoms with Crippen LogP contribution in [0.2, 0.25) is 0 Å². The molecule has 0 radical (unpaired) electrons. The molecule has 3 rings (SSSR count). The second kappa shape index (κ2) is 3.42. The van der Waals surface area contributed by atoms with E-state index in [1.165, 1.54) is 0 Å². The molecule has 4 nitrogen and oxygen atoms in total. The van der Waals surface area contributed by atoms with Crippen LogP contribution in [0.5, 0.6) is 0 Å². The van der Waals surface area contributed by atoms with Crippen LogP contribution in [0.25, 0.3) is 16.6 Å². The highest BCUT2D eigenvalue weighted by Gasteiger charge is 2.10. The fourth-order valence-corrected chi connectivity index (χ4v) is 2.17. The van der Waals surface area contributed by atoms with E-state index in [0.29, 0.717) is 5.88 Å². The predicted molar refractivity (Wildman–Crippen MR) is 62.6 cm³/mol. The lowest BCUT2D eigenvalue weighted by atomic mass is 10.1. The molecule has 1 aromatic carbocycles. The Morgan fingerprint density at radius 3 is 3.06 bits per heavy atom. The Balaban J connectivity index is 2.60. The van der Waals surface area contributed by atoms with Gasteiger partial charge in [-0.1, -0.05) is 18.2 Å². The quantitative estimate of drug-likeness (QED) is 0.605. The molecule has 80 valence electrons. The fourth-order valence-electron chi connectivity index (χ4n) is 1.98. The van der Waals surface area contributed by atoms with Gasteiger partial charge in [-0.05, 0) is 29.0 Å². The van der Waals surface area contributed by atoms with E-state index < -0.39 is 0 Å². The van der Waals surface area contributed by atoms with Crippen molar-refractivity contribution in [2.45, 2.75) is 12.8 Å². The van der Waals surface area contributed by atoms with E-state index in [1.807, 2.05) is 31.2 Å². The van der Waals surface area contributed by atoms with Gasteiger partial charge in [-0.3, -0.25) is 0 Å². The van der Waals surface area contributed by atoms with Gasteiger partial charge in [-0.2, -0.15) is 4.52 Å². The summed E-state index contributed by atoms with van der Waals surface area (Å²) in [6, 6.07) is 8.15. The second-order valence-corrected chi connectivity index (χ2v) is 4.00. The molecule has 0 saturated carbocycles. The molecule has 0 aliphatic heterocycles. The molecule has 0 N–H and O–H groups in total. The van der Waals surface area contributed by atoms with Crippen LogP contribution < -0.4 is 0 Å². The van der Waals surface area contributed by atoms with E-state index in [-0.39, 0.29) is 0 Å². The van der Waals surface area contributed by atoms with Gasteiger partial charge in [0.1, 0.15) is 0 Å². The van der Waals surface area contributed by atoms with Crippen molar-refractivity contribution in [3.8, 4) is 0 Å². The molecule has 0 bridgehead atoms. The molecule has 0 saturated heterocycles. The van der Waals surface area contributed by atoms with Crippen molar-refractivity contribution in [1.82, 2.24) is 20.0 Å². The maximum Gasteiger partial charge on any atom is 0.184 e. The van der Waals surface area contributed by atoms with Crippen molar-refractivity contribution >= 4 is 28.2 Å². The average molecular weight is 233 g/mol. The first-order valence-corrected chi connectivity index (χ1v) is 5.50. The van der Waals surface area contributed by atoms with E-state index in [2.05, 4.69) is 15.5 Å². The number of fused-ring (bicyclic) bond motifs is 3. The Hall–Kier alpha value is -1.68. The molecule has 3 aromatic rings. The van der Waals surface area contributed by atoms with Crippen LogP contribution in [-0.4, -0.2) is 20.0 Å². The first-order valence-electron chi connectivity index (χ1n) is 4.96. The Labute approximate surface area is 96.8 Å². The highest BCUT2D eigenvalue weighted by atomic mass is 35.5. The lowest BCUT2D eigenvalue weighted by molar-refractivity contribution is 0.840. The summed E-state index contributed by atoms with van der Waals surface area (Å²) < 4.78 is 1.75. The number of alkyl halides is 1. The fraction of sp³-hybridized carbons (Fsp3) is 0.182. The largest absolute Gasteiger partial charge is 0.192 e. The predicted octanol–water partition coefficient (Wildman–Crippen LogP) is 2.32. The standard InChI is InChI=1S/C11H9ClN4/c1-7-3-2-4-8-5-9(6-12)11-13-14-15-16(11)10(7)8/h2-5H,6H2,1H3. The van der Waals surface area contributed by atoms with Crippen molar-refractivity contribution in [2.75, 3.05) is 0 Å². The number of hydrogen-bond donors (Lipinski definition) is 0. The van der Waals surface area contributed by atoms with Gasteiger partial charge in [0, 0.05) is 10.9 Å². The Morgan fingerprint density at radius 2 is 2.25 bits per heavy atom. The van der Waals surface area contributed by atoms with Crippen molar-refractivity contribution < 1.29 is 0 Å². The van der Waals surface area contributed by atoms with Crippen molar-refractivity contribution in [3.63, 3.8) is 0 Å². The topological polar surface area (TPSA) is 43.1 Å². The summed E-state index contributed by atoms with van der Waals surface area (Å²) in [6.07, 6.45) is 0. The molecule has 0 fully saturated rings. The Morgan fingerprint density at radius 1 is 1.38 bits per heavy atom. The van der Waals surface area contributed by atoms with Crippen LogP contribution >= 0.6 is 11.6 Å².